The van der Waals surface area contributed by atoms with Gasteiger partial charge in [-0.2, -0.15) is 0 Å². The van der Waals surface area contributed by atoms with Gasteiger partial charge in [0.15, 0.2) is 5.69 Å². The third-order valence-corrected chi connectivity index (χ3v) is 7.79. The molecule has 0 N–H and O–H groups in total. The van der Waals surface area contributed by atoms with E-state index in [1.807, 2.05) is 45.7 Å². The number of rotatable bonds is 3. The van der Waals surface area contributed by atoms with E-state index in [4.69, 9.17) is 16.6 Å². The zero-order chi connectivity index (χ0) is 25.0. The minimum absolute atomic E-state index is 0.0750. The number of hydrogen-bond acceptors (Lipinski definition) is 4. The maximum atomic E-state index is 14.8. The summed E-state index contributed by atoms with van der Waals surface area (Å²) in [6.45, 7) is 3.07. The van der Waals surface area contributed by atoms with Gasteiger partial charge in [0.05, 0.1) is 17.7 Å². The molecular weight excluding hydrogens is 481 g/mol. The van der Waals surface area contributed by atoms with Gasteiger partial charge in [0.2, 0.25) is 5.91 Å². The Morgan fingerprint density at radius 3 is 2.64 bits per heavy atom. The van der Waals surface area contributed by atoms with Gasteiger partial charge in [-0.3, -0.25) is 14.5 Å². The van der Waals surface area contributed by atoms with Gasteiger partial charge in [-0.1, -0.05) is 29.8 Å². The predicted molar refractivity (Wildman–Crippen MR) is 136 cm³/mol. The summed E-state index contributed by atoms with van der Waals surface area (Å²) in [4.78, 5) is 37.0. The lowest BCUT2D eigenvalue weighted by Crippen LogP contribution is -2.48. The first-order valence-electron chi connectivity index (χ1n) is 12.3. The fourth-order valence-electron chi connectivity index (χ4n) is 5.70. The third kappa shape index (κ3) is 3.89. The highest BCUT2D eigenvalue weighted by Gasteiger charge is 2.37. The number of anilines is 1. The van der Waals surface area contributed by atoms with E-state index in [0.717, 1.165) is 23.5 Å². The SMILES string of the molecule is CN1CCn2c(-c3ccc(Cl)cc3F)nc(C(=O)N3CCC(N4C(=O)Cc5ccccc54)CC3)c2C1. The van der Waals surface area contributed by atoms with Crippen molar-refractivity contribution in [1.82, 2.24) is 19.4 Å². The molecule has 0 spiro atoms. The van der Waals surface area contributed by atoms with Crippen molar-refractivity contribution >= 4 is 29.1 Å². The van der Waals surface area contributed by atoms with Crippen molar-refractivity contribution in [2.75, 3.05) is 31.6 Å². The van der Waals surface area contributed by atoms with Crippen molar-refractivity contribution in [3.8, 4) is 11.4 Å². The molecule has 3 aromatic rings. The van der Waals surface area contributed by atoms with Crippen LogP contribution in [-0.2, 0) is 24.3 Å². The number of para-hydroxylation sites is 1. The van der Waals surface area contributed by atoms with Crippen molar-refractivity contribution in [3.63, 3.8) is 0 Å². The molecular formula is C27H27ClFN5O2. The molecule has 0 radical (unpaired) electrons. The average molecular weight is 508 g/mol. The van der Waals surface area contributed by atoms with Gasteiger partial charge in [0.25, 0.3) is 5.91 Å². The second-order valence-corrected chi connectivity index (χ2v) is 10.3. The van der Waals surface area contributed by atoms with E-state index in [-0.39, 0.29) is 17.9 Å². The largest absolute Gasteiger partial charge is 0.337 e. The molecule has 1 fully saturated rings. The number of nitrogens with zero attached hydrogens (tertiary/aromatic N) is 5. The number of aromatic nitrogens is 2. The quantitative estimate of drug-likeness (QED) is 0.538. The highest BCUT2D eigenvalue weighted by Crippen LogP contribution is 2.34. The zero-order valence-electron chi connectivity index (χ0n) is 20.1. The first-order chi connectivity index (χ1) is 17.4. The Labute approximate surface area is 214 Å². The highest BCUT2D eigenvalue weighted by atomic mass is 35.5. The molecule has 4 heterocycles. The number of benzene rings is 2. The van der Waals surface area contributed by atoms with Gasteiger partial charge in [0, 0.05) is 49.5 Å². The topological polar surface area (TPSA) is 61.7 Å². The molecule has 0 unspecified atom stereocenters. The number of amides is 2. The molecule has 7 nitrogen and oxygen atoms in total. The number of likely N-dealkylation sites (N-methyl/N-ethyl adjacent to an activating group) is 1. The van der Waals surface area contributed by atoms with E-state index < -0.39 is 5.82 Å². The predicted octanol–water partition coefficient (Wildman–Crippen LogP) is 3.98. The molecule has 1 saturated heterocycles. The molecule has 0 atom stereocenters. The number of imidazole rings is 1. The summed E-state index contributed by atoms with van der Waals surface area (Å²) in [5.74, 6) is -0.00235. The first kappa shape index (κ1) is 23.2. The molecule has 3 aliphatic heterocycles. The van der Waals surface area contributed by atoms with Gasteiger partial charge in [-0.05, 0) is 49.7 Å². The Hall–Kier alpha value is -3.23. The van der Waals surface area contributed by atoms with E-state index in [1.165, 1.54) is 6.07 Å². The molecule has 2 amide bonds. The monoisotopic (exact) mass is 507 g/mol. The van der Waals surface area contributed by atoms with E-state index in [1.54, 1.807) is 12.1 Å². The molecule has 2 aromatic carbocycles. The number of hydrogen-bond donors (Lipinski definition) is 0. The fourth-order valence-corrected chi connectivity index (χ4v) is 5.85. The Bertz CT molecular complexity index is 1360. The summed E-state index contributed by atoms with van der Waals surface area (Å²) < 4.78 is 16.8. The van der Waals surface area contributed by atoms with Crippen LogP contribution in [-0.4, -0.2) is 63.9 Å². The molecule has 0 aliphatic carbocycles. The van der Waals surface area contributed by atoms with E-state index in [9.17, 15) is 14.0 Å². The molecule has 9 heteroatoms. The summed E-state index contributed by atoms with van der Waals surface area (Å²) in [6.07, 6.45) is 1.86. The van der Waals surface area contributed by atoms with Gasteiger partial charge >= 0.3 is 0 Å². The molecule has 6 rings (SSSR count). The number of likely N-dealkylation sites (tertiary alicyclic amines) is 1. The Morgan fingerprint density at radius 2 is 1.86 bits per heavy atom. The molecule has 36 heavy (non-hydrogen) atoms. The van der Waals surface area contributed by atoms with Gasteiger partial charge in [-0.25, -0.2) is 9.37 Å². The van der Waals surface area contributed by atoms with Crippen molar-refractivity contribution < 1.29 is 14.0 Å². The number of piperidine rings is 1. The van der Waals surface area contributed by atoms with Crippen LogP contribution >= 0.6 is 11.6 Å². The van der Waals surface area contributed by atoms with E-state index in [0.29, 0.717) is 67.5 Å². The lowest BCUT2D eigenvalue weighted by molar-refractivity contribution is -0.118. The van der Waals surface area contributed by atoms with E-state index >= 15 is 0 Å². The summed E-state index contributed by atoms with van der Waals surface area (Å²) in [7, 11) is 2.00. The van der Waals surface area contributed by atoms with Gasteiger partial charge in [0.1, 0.15) is 11.6 Å². The van der Waals surface area contributed by atoms with Crippen molar-refractivity contribution in [1.29, 1.82) is 0 Å². The number of halogens is 2. The van der Waals surface area contributed by atoms with Crippen LogP contribution in [0, 0.1) is 5.82 Å². The van der Waals surface area contributed by atoms with Crippen molar-refractivity contribution in [2.45, 2.75) is 38.4 Å². The first-order valence-corrected chi connectivity index (χ1v) is 12.7. The maximum Gasteiger partial charge on any atom is 0.274 e. The summed E-state index contributed by atoms with van der Waals surface area (Å²) >= 11 is 5.96. The van der Waals surface area contributed by atoms with Gasteiger partial charge in [-0.15, -0.1) is 0 Å². The van der Waals surface area contributed by atoms with Crippen LogP contribution in [0.15, 0.2) is 42.5 Å². The van der Waals surface area contributed by atoms with Crippen LogP contribution in [0.4, 0.5) is 10.1 Å². The number of fused-ring (bicyclic) bond motifs is 2. The molecule has 0 bridgehead atoms. The molecule has 186 valence electrons. The van der Waals surface area contributed by atoms with Crippen LogP contribution in [0.2, 0.25) is 5.02 Å². The van der Waals surface area contributed by atoms with Crippen LogP contribution in [0.3, 0.4) is 0 Å². The number of carbonyl (C=O) groups is 2. The molecule has 3 aliphatic rings. The Kier molecular flexibility index (Phi) is 5.80. The summed E-state index contributed by atoms with van der Waals surface area (Å²) in [5.41, 5.74) is 3.59. The van der Waals surface area contributed by atoms with Crippen LogP contribution in [0.5, 0.6) is 0 Å². The highest BCUT2D eigenvalue weighted by molar-refractivity contribution is 6.30. The summed E-state index contributed by atoms with van der Waals surface area (Å²) in [6, 6.07) is 12.5. The zero-order valence-corrected chi connectivity index (χ0v) is 20.8. The maximum absolute atomic E-state index is 14.8. The number of carbonyl (C=O) groups excluding carboxylic acids is 2. The Morgan fingerprint density at radius 1 is 1.08 bits per heavy atom. The fraction of sp³-hybridized carbons (Fsp3) is 0.370. The molecule has 1 aromatic heterocycles. The van der Waals surface area contributed by atoms with E-state index in [2.05, 4.69) is 4.90 Å². The lowest BCUT2D eigenvalue weighted by Gasteiger charge is -2.37. The minimum atomic E-state index is -0.454. The minimum Gasteiger partial charge on any atom is -0.337 e. The van der Waals surface area contributed by atoms with Crippen molar-refractivity contribution in [3.05, 3.63) is 70.3 Å². The normalized spacial score (nSPS) is 18.5. The van der Waals surface area contributed by atoms with Crippen molar-refractivity contribution in [2.24, 2.45) is 0 Å². The second-order valence-electron chi connectivity index (χ2n) is 9.84. The lowest BCUT2D eigenvalue weighted by atomic mass is 10.0. The average Bonchev–Trinajstić information content (AvgIpc) is 3.40. The van der Waals surface area contributed by atoms with Crippen LogP contribution < -0.4 is 4.90 Å². The second kappa shape index (κ2) is 9.01. The van der Waals surface area contributed by atoms with Crippen LogP contribution in [0.25, 0.3) is 11.4 Å². The van der Waals surface area contributed by atoms with Gasteiger partial charge < -0.3 is 14.4 Å². The molecule has 0 saturated carbocycles. The smallest absolute Gasteiger partial charge is 0.274 e. The third-order valence-electron chi connectivity index (χ3n) is 7.55. The van der Waals surface area contributed by atoms with Crippen LogP contribution in [0.1, 0.15) is 34.6 Å². The standard InChI is InChI=1S/C27H27ClFN5O2/c1-31-12-13-33-23(16-31)25(30-26(33)20-7-6-18(28)15-21(20)29)27(36)32-10-8-19(9-11-32)34-22-5-3-2-4-17(22)14-24(34)35/h2-7,15,19H,8-14,16H2,1H3. The summed E-state index contributed by atoms with van der Waals surface area (Å²) in [5, 5.41) is 0.319. The Balaban J connectivity index is 1.25.